The predicted octanol–water partition coefficient (Wildman–Crippen LogP) is 14.8. The number of fused-ring (bicyclic) bond motifs is 7. The SMILES string of the molecule is CC1C=CC2=C(C1)C(c1ccccc1)(c1ccccc1)c1cccc(-c3cc(-c4cc5ccccc5s4)nc(-c4ccc5oc6cc7c(cc6c5c4)C=CCC7C)n3)c12. The van der Waals surface area contributed by atoms with Crippen LogP contribution in [0.25, 0.3) is 76.9 Å². The molecule has 282 valence electrons. The quantitative estimate of drug-likeness (QED) is 0.175. The van der Waals surface area contributed by atoms with Gasteiger partial charge in [0.05, 0.1) is 21.7 Å². The Morgan fingerprint density at radius 2 is 1.44 bits per heavy atom. The molecule has 3 heterocycles. The molecule has 3 nitrogen and oxygen atoms in total. The third-order valence-corrected chi connectivity index (χ3v) is 14.1. The fourth-order valence-corrected chi connectivity index (χ4v) is 11.2. The van der Waals surface area contributed by atoms with Crippen molar-refractivity contribution in [3.63, 3.8) is 0 Å². The van der Waals surface area contributed by atoms with Crippen LogP contribution in [0.5, 0.6) is 0 Å². The summed E-state index contributed by atoms with van der Waals surface area (Å²) in [7, 11) is 0. The van der Waals surface area contributed by atoms with Gasteiger partial charge in [0.2, 0.25) is 0 Å². The highest BCUT2D eigenvalue weighted by Gasteiger charge is 2.48. The lowest BCUT2D eigenvalue weighted by atomic mass is 9.65. The van der Waals surface area contributed by atoms with Crippen LogP contribution >= 0.6 is 11.3 Å². The molecule has 0 amide bonds. The molecule has 4 heteroatoms. The molecule has 0 fully saturated rings. The summed E-state index contributed by atoms with van der Waals surface area (Å²) in [5.41, 5.74) is 15.8. The van der Waals surface area contributed by atoms with Crippen molar-refractivity contribution in [3.8, 4) is 33.2 Å². The second-order valence-electron chi connectivity index (χ2n) is 16.6. The van der Waals surface area contributed by atoms with E-state index in [9.17, 15) is 0 Å². The van der Waals surface area contributed by atoms with Crippen molar-refractivity contribution in [3.05, 3.63) is 203 Å². The number of hydrogen-bond donors (Lipinski definition) is 0. The molecule has 0 N–H and O–H groups in total. The van der Waals surface area contributed by atoms with Crippen LogP contribution in [0.4, 0.5) is 0 Å². The van der Waals surface area contributed by atoms with Gasteiger partial charge in [0.25, 0.3) is 0 Å². The first-order chi connectivity index (χ1) is 29.0. The van der Waals surface area contributed by atoms with E-state index in [1.54, 1.807) is 11.3 Å². The average molecular weight is 777 g/mol. The Morgan fingerprint density at radius 1 is 0.678 bits per heavy atom. The van der Waals surface area contributed by atoms with Crippen LogP contribution in [0, 0.1) is 5.92 Å². The largest absolute Gasteiger partial charge is 0.456 e. The molecule has 12 rings (SSSR count). The Bertz CT molecular complexity index is 3180. The number of rotatable bonds is 5. The molecule has 9 aromatic rings. The summed E-state index contributed by atoms with van der Waals surface area (Å²) in [6.07, 6.45) is 11.3. The maximum absolute atomic E-state index is 6.50. The van der Waals surface area contributed by atoms with Crippen molar-refractivity contribution in [2.45, 2.75) is 38.0 Å². The molecule has 3 aliphatic carbocycles. The molecular formula is C55H40N2OS. The number of hydrogen-bond acceptors (Lipinski definition) is 4. The molecule has 3 aliphatic rings. The normalized spacial score (nSPS) is 17.8. The Labute approximate surface area is 347 Å². The van der Waals surface area contributed by atoms with Crippen molar-refractivity contribution in [1.29, 1.82) is 0 Å². The minimum Gasteiger partial charge on any atom is -0.456 e. The van der Waals surface area contributed by atoms with Crippen LogP contribution in [0.2, 0.25) is 0 Å². The van der Waals surface area contributed by atoms with Crippen LogP contribution in [0.1, 0.15) is 66.0 Å². The number of furan rings is 1. The second kappa shape index (κ2) is 13.2. The molecule has 0 spiro atoms. The number of aromatic nitrogens is 2. The lowest BCUT2D eigenvalue weighted by Crippen LogP contribution is -2.31. The number of allylic oxidation sites excluding steroid dienone is 5. The molecule has 3 aromatic heterocycles. The van der Waals surface area contributed by atoms with Crippen LogP contribution < -0.4 is 0 Å². The van der Waals surface area contributed by atoms with E-state index in [4.69, 9.17) is 14.4 Å². The fraction of sp³-hybridized carbons (Fsp3) is 0.127. The van der Waals surface area contributed by atoms with Gasteiger partial charge in [-0.25, -0.2) is 9.97 Å². The Morgan fingerprint density at radius 3 is 2.25 bits per heavy atom. The van der Waals surface area contributed by atoms with Crippen LogP contribution in [0.3, 0.4) is 0 Å². The van der Waals surface area contributed by atoms with Gasteiger partial charge in [-0.05, 0) is 123 Å². The molecule has 59 heavy (non-hydrogen) atoms. The third kappa shape index (κ3) is 5.26. The minimum absolute atomic E-state index is 0.419. The number of benzene rings is 6. The average Bonchev–Trinajstić information content (AvgIpc) is 3.96. The molecule has 2 atom stereocenters. The van der Waals surface area contributed by atoms with E-state index in [2.05, 4.69) is 184 Å². The highest BCUT2D eigenvalue weighted by molar-refractivity contribution is 7.22. The van der Waals surface area contributed by atoms with Crippen molar-refractivity contribution < 1.29 is 4.42 Å². The summed E-state index contributed by atoms with van der Waals surface area (Å²) in [6.45, 7) is 4.63. The lowest BCUT2D eigenvalue weighted by molar-refractivity contribution is 0.622. The Kier molecular flexibility index (Phi) is 7.70. The van der Waals surface area contributed by atoms with E-state index < -0.39 is 5.41 Å². The van der Waals surface area contributed by atoms with E-state index in [1.165, 1.54) is 54.6 Å². The highest BCUT2D eigenvalue weighted by atomic mass is 32.1. The van der Waals surface area contributed by atoms with Crippen LogP contribution in [-0.2, 0) is 5.41 Å². The number of thiophene rings is 1. The molecule has 6 aromatic carbocycles. The lowest BCUT2D eigenvalue weighted by Gasteiger charge is -2.37. The summed E-state index contributed by atoms with van der Waals surface area (Å²) < 4.78 is 7.75. The van der Waals surface area contributed by atoms with Crippen molar-refractivity contribution in [2.75, 3.05) is 0 Å². The first-order valence-electron chi connectivity index (χ1n) is 20.8. The van der Waals surface area contributed by atoms with Gasteiger partial charge in [0.15, 0.2) is 5.82 Å². The topological polar surface area (TPSA) is 38.9 Å². The van der Waals surface area contributed by atoms with Gasteiger partial charge in [0, 0.05) is 26.6 Å². The number of nitrogens with zero attached hydrogens (tertiary/aromatic N) is 2. The summed E-state index contributed by atoms with van der Waals surface area (Å²) in [4.78, 5) is 12.0. The summed E-state index contributed by atoms with van der Waals surface area (Å²) >= 11 is 1.78. The first kappa shape index (κ1) is 34.4. The van der Waals surface area contributed by atoms with Gasteiger partial charge in [-0.2, -0.15) is 0 Å². The maximum atomic E-state index is 6.50. The zero-order valence-electron chi connectivity index (χ0n) is 32.9. The zero-order chi connectivity index (χ0) is 39.2. The molecule has 0 saturated carbocycles. The van der Waals surface area contributed by atoms with Gasteiger partial charge >= 0.3 is 0 Å². The molecule has 0 radical (unpaired) electrons. The monoisotopic (exact) mass is 776 g/mol. The standard InChI is InChI=1S/C55H40N2OS/c1-33-23-25-40-46(27-33)55(38-16-5-3-6-17-38,39-18-7-4-8-19-39)45-21-12-20-41(53(40)45)47-32-48(52-30-36-14-9-10-22-51(36)59-52)57-54(56-47)37-24-26-49-43(29-37)44-28-35-15-11-13-34(2)42(35)31-50(44)58-49/h3-12,14-26,28-34H,13,27H2,1-2H3. The molecule has 0 bridgehead atoms. The Hall–Kier alpha value is -6.62. The summed E-state index contributed by atoms with van der Waals surface area (Å²) in [5, 5.41) is 3.42. The van der Waals surface area contributed by atoms with Gasteiger partial charge < -0.3 is 4.42 Å². The minimum atomic E-state index is -0.439. The second-order valence-corrected chi connectivity index (χ2v) is 17.7. The van der Waals surface area contributed by atoms with Crippen molar-refractivity contribution in [1.82, 2.24) is 9.97 Å². The van der Waals surface area contributed by atoms with Crippen molar-refractivity contribution in [2.24, 2.45) is 5.92 Å². The molecular weight excluding hydrogens is 737 g/mol. The van der Waals surface area contributed by atoms with Gasteiger partial charge in [-0.3, -0.25) is 0 Å². The van der Waals surface area contributed by atoms with Crippen LogP contribution in [-0.4, -0.2) is 9.97 Å². The third-order valence-electron chi connectivity index (χ3n) is 13.0. The van der Waals surface area contributed by atoms with Gasteiger partial charge in [0.1, 0.15) is 11.2 Å². The maximum Gasteiger partial charge on any atom is 0.160 e. The highest BCUT2D eigenvalue weighted by Crippen LogP contribution is 2.59. The van der Waals surface area contributed by atoms with Gasteiger partial charge in [-0.1, -0.05) is 135 Å². The van der Waals surface area contributed by atoms with E-state index in [0.29, 0.717) is 17.7 Å². The van der Waals surface area contributed by atoms with E-state index >= 15 is 0 Å². The van der Waals surface area contributed by atoms with E-state index in [0.717, 1.165) is 62.2 Å². The summed E-state index contributed by atoms with van der Waals surface area (Å²) in [5.74, 6) is 1.59. The molecule has 0 saturated heterocycles. The smallest absolute Gasteiger partial charge is 0.160 e. The Balaban J connectivity index is 1.11. The predicted molar refractivity (Wildman–Crippen MR) is 246 cm³/mol. The van der Waals surface area contributed by atoms with E-state index in [1.807, 2.05) is 0 Å². The fourth-order valence-electron chi connectivity index (χ4n) is 10.2. The van der Waals surface area contributed by atoms with Crippen molar-refractivity contribution >= 4 is 55.0 Å². The zero-order valence-corrected chi connectivity index (χ0v) is 33.8. The molecule has 0 aliphatic heterocycles. The van der Waals surface area contributed by atoms with Crippen LogP contribution in [0.15, 0.2) is 174 Å². The van der Waals surface area contributed by atoms with Gasteiger partial charge in [-0.15, -0.1) is 11.3 Å². The summed E-state index contributed by atoms with van der Waals surface area (Å²) in [6, 6.07) is 53.2. The van der Waals surface area contributed by atoms with E-state index in [-0.39, 0.29) is 0 Å². The molecule has 2 unspecified atom stereocenters. The first-order valence-corrected chi connectivity index (χ1v) is 21.6.